The van der Waals surface area contributed by atoms with Crippen LogP contribution in [0.25, 0.3) is 11.4 Å². The number of thiazole rings is 1. The Labute approximate surface area is 222 Å². The predicted molar refractivity (Wildman–Crippen MR) is 144 cm³/mol. The lowest BCUT2D eigenvalue weighted by molar-refractivity contribution is -0.132. The number of aryl methyl sites for hydroxylation is 2. The molecule has 0 radical (unpaired) electrons. The molecule has 4 aromatic rings. The number of imidazole rings is 1. The van der Waals surface area contributed by atoms with Gasteiger partial charge in [-0.2, -0.15) is 0 Å². The summed E-state index contributed by atoms with van der Waals surface area (Å²) in [5.41, 5.74) is 2.25. The van der Waals surface area contributed by atoms with Gasteiger partial charge in [-0.05, 0) is 43.7 Å². The molecule has 1 saturated heterocycles. The van der Waals surface area contributed by atoms with Crippen molar-refractivity contribution in [2.24, 2.45) is 0 Å². The number of anilines is 1. The van der Waals surface area contributed by atoms with Crippen LogP contribution in [-0.4, -0.2) is 43.6 Å². The van der Waals surface area contributed by atoms with Crippen molar-refractivity contribution in [3.8, 4) is 5.75 Å². The lowest BCUT2D eigenvalue weighted by atomic mass is 9.96. The van der Waals surface area contributed by atoms with Gasteiger partial charge in [0.2, 0.25) is 0 Å². The van der Waals surface area contributed by atoms with Crippen molar-refractivity contribution in [2.75, 3.05) is 11.5 Å². The Morgan fingerprint density at radius 2 is 1.95 bits per heavy atom. The third-order valence-electron chi connectivity index (χ3n) is 6.23. The monoisotopic (exact) mass is 528 g/mol. The summed E-state index contributed by atoms with van der Waals surface area (Å²) in [4.78, 5) is 49.8. The number of aliphatic hydroxyl groups excluding tert-OH is 1. The van der Waals surface area contributed by atoms with Crippen LogP contribution in [0.3, 0.4) is 0 Å². The molecule has 9 nitrogen and oxygen atoms in total. The highest BCUT2D eigenvalue weighted by atomic mass is 32.1. The molecule has 1 unspecified atom stereocenters. The number of carbonyl (C=O) groups excluding carboxylic acids is 3. The molecule has 1 fully saturated rings. The minimum absolute atomic E-state index is 0.109. The Kier molecular flexibility index (Phi) is 6.41. The molecule has 1 aliphatic heterocycles. The van der Waals surface area contributed by atoms with Gasteiger partial charge in [0.05, 0.1) is 27.9 Å². The number of rotatable bonds is 7. The van der Waals surface area contributed by atoms with Crippen LogP contribution in [0, 0.1) is 13.8 Å². The summed E-state index contributed by atoms with van der Waals surface area (Å²) in [5.74, 6) is -1.78. The SMILES string of the molecule is C=CCOc1cccc(C2/C(=C(\O)c3c(C)nc4ccccn34)C(=O)C(=O)N2c2nc(C)c(C(C)=O)s2)c1. The van der Waals surface area contributed by atoms with Crippen molar-refractivity contribution in [1.82, 2.24) is 14.4 Å². The van der Waals surface area contributed by atoms with Gasteiger partial charge in [0.1, 0.15) is 23.7 Å². The van der Waals surface area contributed by atoms with Gasteiger partial charge in [-0.15, -0.1) is 0 Å². The number of ether oxygens (including phenoxy) is 1. The molecular weight excluding hydrogens is 504 g/mol. The lowest BCUT2D eigenvalue weighted by Gasteiger charge is -2.23. The Morgan fingerprint density at radius 3 is 2.66 bits per heavy atom. The third-order valence-corrected chi connectivity index (χ3v) is 7.48. The normalized spacial score (nSPS) is 16.8. The molecule has 3 aromatic heterocycles. The maximum absolute atomic E-state index is 13.6. The quantitative estimate of drug-likeness (QED) is 0.120. The first-order chi connectivity index (χ1) is 18.2. The lowest BCUT2D eigenvalue weighted by Crippen LogP contribution is -2.29. The van der Waals surface area contributed by atoms with E-state index in [1.54, 1.807) is 66.9 Å². The molecule has 0 spiro atoms. The van der Waals surface area contributed by atoms with Crippen molar-refractivity contribution in [3.63, 3.8) is 0 Å². The Hall–Kier alpha value is -4.57. The first-order valence-corrected chi connectivity index (χ1v) is 12.6. The van der Waals surface area contributed by atoms with E-state index >= 15 is 0 Å². The molecule has 1 aromatic carbocycles. The summed E-state index contributed by atoms with van der Waals surface area (Å²) >= 11 is 1.03. The standard InChI is InChI=1S/C28H24N4O5S/c1-5-13-37-19-10-8-9-18(14-19)23-21(24(34)22-15(2)29-20-11-6-7-12-31(20)22)25(35)27(36)32(23)28-30-16(3)26(38-28)17(4)33/h5-12,14,23,34H,1,13H2,2-4H3/b24-21+. The van der Waals surface area contributed by atoms with Gasteiger partial charge < -0.3 is 9.84 Å². The molecule has 0 aliphatic carbocycles. The molecule has 1 N–H and O–H groups in total. The van der Waals surface area contributed by atoms with Gasteiger partial charge in [0.25, 0.3) is 5.78 Å². The molecule has 0 saturated carbocycles. The third kappa shape index (κ3) is 4.08. The number of nitrogens with zero attached hydrogens (tertiary/aromatic N) is 4. The van der Waals surface area contributed by atoms with Gasteiger partial charge in [-0.3, -0.25) is 23.7 Å². The van der Waals surface area contributed by atoms with Gasteiger partial charge >= 0.3 is 5.91 Å². The molecule has 0 bridgehead atoms. The Balaban J connectivity index is 1.76. The summed E-state index contributed by atoms with van der Waals surface area (Å²) < 4.78 is 7.36. The van der Waals surface area contributed by atoms with Crippen LogP contribution in [-0.2, 0) is 9.59 Å². The number of hydrogen-bond acceptors (Lipinski definition) is 8. The zero-order chi connectivity index (χ0) is 27.1. The highest BCUT2D eigenvalue weighted by Gasteiger charge is 2.49. The first kappa shape index (κ1) is 25.1. The van der Waals surface area contributed by atoms with E-state index in [0.717, 1.165) is 11.3 Å². The topological polar surface area (TPSA) is 114 Å². The number of aliphatic hydroxyl groups is 1. The molecule has 38 heavy (non-hydrogen) atoms. The summed E-state index contributed by atoms with van der Waals surface area (Å²) in [7, 11) is 0. The van der Waals surface area contributed by atoms with Crippen LogP contribution < -0.4 is 9.64 Å². The van der Waals surface area contributed by atoms with Gasteiger partial charge in [0.15, 0.2) is 16.7 Å². The summed E-state index contributed by atoms with van der Waals surface area (Å²) in [6.07, 6.45) is 3.33. The molecule has 4 heterocycles. The molecular formula is C28H24N4O5S. The molecule has 1 atom stereocenters. The van der Waals surface area contributed by atoms with E-state index < -0.39 is 17.7 Å². The van der Waals surface area contributed by atoms with E-state index in [9.17, 15) is 19.5 Å². The maximum atomic E-state index is 13.6. The number of benzene rings is 1. The minimum atomic E-state index is -1.03. The van der Waals surface area contributed by atoms with Gasteiger partial charge in [-0.1, -0.05) is 42.2 Å². The van der Waals surface area contributed by atoms with E-state index in [1.165, 1.54) is 11.8 Å². The second kappa shape index (κ2) is 9.71. The molecule has 192 valence electrons. The minimum Gasteiger partial charge on any atom is -0.505 e. The largest absolute Gasteiger partial charge is 0.505 e. The van der Waals surface area contributed by atoms with Crippen molar-refractivity contribution in [1.29, 1.82) is 0 Å². The second-order valence-corrected chi connectivity index (χ2v) is 9.76. The summed E-state index contributed by atoms with van der Waals surface area (Å²) in [6, 6.07) is 11.3. The molecule has 1 amide bonds. The average Bonchev–Trinajstić information content (AvgIpc) is 3.53. The highest BCUT2D eigenvalue weighted by Crippen LogP contribution is 2.44. The molecule has 1 aliphatic rings. The van der Waals surface area contributed by atoms with Crippen LogP contribution in [0.1, 0.15) is 45.3 Å². The van der Waals surface area contributed by atoms with E-state index in [4.69, 9.17) is 4.74 Å². The average molecular weight is 529 g/mol. The van der Waals surface area contributed by atoms with Crippen molar-refractivity contribution < 1.29 is 24.2 Å². The number of carbonyl (C=O) groups is 3. The number of fused-ring (bicyclic) bond motifs is 1. The van der Waals surface area contributed by atoms with Crippen LogP contribution in [0.15, 0.2) is 66.9 Å². The maximum Gasteiger partial charge on any atom is 0.301 e. The van der Waals surface area contributed by atoms with Gasteiger partial charge in [0, 0.05) is 13.1 Å². The van der Waals surface area contributed by atoms with Gasteiger partial charge in [-0.25, -0.2) is 9.97 Å². The van der Waals surface area contributed by atoms with Crippen LogP contribution in [0.2, 0.25) is 0 Å². The second-order valence-electron chi connectivity index (χ2n) is 8.78. The number of pyridine rings is 1. The zero-order valence-electron chi connectivity index (χ0n) is 21.0. The van der Waals surface area contributed by atoms with Crippen molar-refractivity contribution in [2.45, 2.75) is 26.8 Å². The van der Waals surface area contributed by atoms with Crippen LogP contribution in [0.4, 0.5) is 5.13 Å². The predicted octanol–water partition coefficient (Wildman–Crippen LogP) is 4.80. The number of Topliss-reactive ketones (excluding diaryl/α,β-unsaturated/α-hetero) is 2. The number of ketones is 2. The van der Waals surface area contributed by atoms with E-state index in [2.05, 4.69) is 16.5 Å². The van der Waals surface area contributed by atoms with E-state index in [1.807, 2.05) is 6.07 Å². The Morgan fingerprint density at radius 1 is 1.16 bits per heavy atom. The van der Waals surface area contributed by atoms with Crippen LogP contribution in [0.5, 0.6) is 5.75 Å². The highest BCUT2D eigenvalue weighted by molar-refractivity contribution is 7.18. The summed E-state index contributed by atoms with van der Waals surface area (Å²) in [6.45, 7) is 8.74. The first-order valence-electron chi connectivity index (χ1n) is 11.8. The molecule has 10 heteroatoms. The smallest absolute Gasteiger partial charge is 0.301 e. The molecule has 5 rings (SSSR count). The zero-order valence-corrected chi connectivity index (χ0v) is 21.8. The number of aromatic nitrogens is 3. The Bertz CT molecular complexity index is 1660. The van der Waals surface area contributed by atoms with Crippen LogP contribution >= 0.6 is 11.3 Å². The van der Waals surface area contributed by atoms with E-state index in [0.29, 0.717) is 38.9 Å². The van der Waals surface area contributed by atoms with E-state index in [-0.39, 0.29) is 28.9 Å². The van der Waals surface area contributed by atoms with Crippen molar-refractivity contribution >= 4 is 45.3 Å². The number of hydrogen-bond donors (Lipinski definition) is 1. The summed E-state index contributed by atoms with van der Waals surface area (Å²) in [5, 5.41) is 11.8. The fourth-order valence-electron chi connectivity index (χ4n) is 4.61. The fraction of sp³-hybridized carbons (Fsp3) is 0.179. The fourth-order valence-corrected chi connectivity index (χ4v) is 5.60. The number of amides is 1. The van der Waals surface area contributed by atoms with Crippen molar-refractivity contribution in [3.05, 3.63) is 94.4 Å².